The fourth-order valence-electron chi connectivity index (χ4n) is 1.51. The van der Waals surface area contributed by atoms with Gasteiger partial charge in [0.15, 0.2) is 0 Å². The van der Waals surface area contributed by atoms with Crippen LogP contribution in [0.2, 0.25) is 5.02 Å². The highest BCUT2D eigenvalue weighted by molar-refractivity contribution is 7.06. The van der Waals surface area contributed by atoms with Crippen LogP contribution in [0.4, 0.5) is 0 Å². The summed E-state index contributed by atoms with van der Waals surface area (Å²) in [7, 11) is 0. The second-order valence-corrected chi connectivity index (χ2v) is 6.61. The van der Waals surface area contributed by atoms with E-state index in [0.717, 1.165) is 22.8 Å². The van der Waals surface area contributed by atoms with E-state index in [-0.39, 0.29) is 5.54 Å². The number of rotatable bonds is 3. The van der Waals surface area contributed by atoms with Gasteiger partial charge in [0, 0.05) is 27.5 Å². The van der Waals surface area contributed by atoms with Crippen molar-refractivity contribution in [3.63, 3.8) is 0 Å². The number of halogens is 1. The molecule has 18 heavy (non-hydrogen) atoms. The molecule has 0 bridgehead atoms. The maximum atomic E-state index is 5.88. The van der Waals surface area contributed by atoms with Gasteiger partial charge in [-0.2, -0.15) is 4.37 Å². The summed E-state index contributed by atoms with van der Waals surface area (Å²) in [5.41, 5.74) is 2.25. The standard InChI is InChI=1S/C14H17ClN2S/c1-14(2,3)16-9-12-8-13(17-18-12)10-4-6-11(15)7-5-10/h4-8,16H,9H2,1-3H3. The van der Waals surface area contributed by atoms with Gasteiger partial charge in [0.1, 0.15) is 0 Å². The third-order valence-electron chi connectivity index (χ3n) is 2.49. The molecule has 1 aromatic heterocycles. The first-order chi connectivity index (χ1) is 8.44. The highest BCUT2D eigenvalue weighted by Gasteiger charge is 2.10. The molecule has 2 rings (SSSR count). The lowest BCUT2D eigenvalue weighted by Crippen LogP contribution is -2.34. The Labute approximate surface area is 117 Å². The normalized spacial score (nSPS) is 11.8. The highest BCUT2D eigenvalue weighted by atomic mass is 35.5. The van der Waals surface area contributed by atoms with Crippen LogP contribution in [0.25, 0.3) is 11.3 Å². The van der Waals surface area contributed by atoms with E-state index in [2.05, 4.69) is 36.5 Å². The molecule has 0 unspecified atom stereocenters. The summed E-state index contributed by atoms with van der Waals surface area (Å²) in [6.45, 7) is 7.34. The van der Waals surface area contributed by atoms with Crippen molar-refractivity contribution in [2.24, 2.45) is 0 Å². The van der Waals surface area contributed by atoms with Crippen molar-refractivity contribution in [1.82, 2.24) is 9.69 Å². The minimum absolute atomic E-state index is 0.129. The van der Waals surface area contributed by atoms with Gasteiger partial charge in [0.25, 0.3) is 0 Å². The molecular weight excluding hydrogens is 264 g/mol. The molecule has 0 aliphatic carbocycles. The lowest BCUT2D eigenvalue weighted by Gasteiger charge is -2.19. The summed E-state index contributed by atoms with van der Waals surface area (Å²) >= 11 is 7.42. The van der Waals surface area contributed by atoms with Gasteiger partial charge in [-0.1, -0.05) is 23.7 Å². The first kappa shape index (κ1) is 13.5. The molecule has 0 aliphatic rings. The molecule has 4 heteroatoms. The first-order valence-electron chi connectivity index (χ1n) is 5.91. The van der Waals surface area contributed by atoms with Gasteiger partial charge in [0.2, 0.25) is 0 Å². The summed E-state index contributed by atoms with van der Waals surface area (Å²) in [6, 6.07) is 9.91. The average Bonchev–Trinajstić information content (AvgIpc) is 2.75. The van der Waals surface area contributed by atoms with Crippen LogP contribution in [0.15, 0.2) is 30.3 Å². The van der Waals surface area contributed by atoms with E-state index in [9.17, 15) is 0 Å². The van der Waals surface area contributed by atoms with Crippen LogP contribution in [0, 0.1) is 0 Å². The molecule has 96 valence electrons. The molecule has 0 atom stereocenters. The molecule has 0 saturated carbocycles. The molecule has 1 aromatic carbocycles. The third-order valence-corrected chi connectivity index (χ3v) is 3.53. The van der Waals surface area contributed by atoms with Gasteiger partial charge >= 0.3 is 0 Å². The van der Waals surface area contributed by atoms with Crippen molar-refractivity contribution in [3.05, 3.63) is 40.2 Å². The molecule has 0 saturated heterocycles. The number of benzene rings is 1. The van der Waals surface area contributed by atoms with Gasteiger partial charge in [-0.25, -0.2) is 0 Å². The monoisotopic (exact) mass is 280 g/mol. The van der Waals surface area contributed by atoms with Gasteiger partial charge in [0.05, 0.1) is 5.69 Å². The third kappa shape index (κ3) is 3.80. The smallest absolute Gasteiger partial charge is 0.0844 e. The number of nitrogens with one attached hydrogen (secondary N) is 1. The largest absolute Gasteiger partial charge is 0.307 e. The van der Waals surface area contributed by atoms with Crippen LogP contribution in [-0.2, 0) is 6.54 Å². The Morgan fingerprint density at radius 2 is 1.89 bits per heavy atom. The predicted octanol–water partition coefficient (Wildman–Crippen LogP) is 4.35. The first-order valence-corrected chi connectivity index (χ1v) is 7.06. The highest BCUT2D eigenvalue weighted by Crippen LogP contribution is 2.23. The maximum Gasteiger partial charge on any atom is 0.0844 e. The fourth-order valence-corrected chi connectivity index (χ4v) is 2.31. The summed E-state index contributed by atoms with van der Waals surface area (Å²) in [4.78, 5) is 1.25. The molecule has 0 spiro atoms. The van der Waals surface area contributed by atoms with Crippen molar-refractivity contribution in [2.45, 2.75) is 32.9 Å². The van der Waals surface area contributed by atoms with Gasteiger partial charge in [-0.05, 0) is 50.5 Å². The Bertz CT molecular complexity index is 511. The molecule has 1 heterocycles. The zero-order valence-electron chi connectivity index (χ0n) is 10.8. The van der Waals surface area contributed by atoms with Gasteiger partial charge in [-0.3, -0.25) is 0 Å². The topological polar surface area (TPSA) is 24.9 Å². The van der Waals surface area contributed by atoms with Crippen LogP contribution in [-0.4, -0.2) is 9.91 Å². The summed E-state index contributed by atoms with van der Waals surface area (Å²) in [5.74, 6) is 0. The Morgan fingerprint density at radius 3 is 2.50 bits per heavy atom. The second-order valence-electron chi connectivity index (χ2n) is 5.29. The number of hydrogen-bond donors (Lipinski definition) is 1. The Hall–Kier alpha value is -0.900. The minimum atomic E-state index is 0.129. The summed E-state index contributed by atoms with van der Waals surface area (Å²) in [5, 5.41) is 4.21. The maximum absolute atomic E-state index is 5.88. The lowest BCUT2D eigenvalue weighted by molar-refractivity contribution is 0.426. The number of hydrogen-bond acceptors (Lipinski definition) is 3. The average molecular weight is 281 g/mol. The minimum Gasteiger partial charge on any atom is -0.307 e. The Morgan fingerprint density at radius 1 is 1.22 bits per heavy atom. The van der Waals surface area contributed by atoms with Crippen LogP contribution in [0.3, 0.4) is 0 Å². The van der Waals surface area contributed by atoms with Crippen LogP contribution < -0.4 is 5.32 Å². The molecule has 1 N–H and O–H groups in total. The van der Waals surface area contributed by atoms with E-state index in [4.69, 9.17) is 11.6 Å². The molecule has 0 radical (unpaired) electrons. The Balaban J connectivity index is 2.08. The molecule has 0 aliphatic heterocycles. The zero-order chi connectivity index (χ0) is 13.2. The van der Waals surface area contributed by atoms with E-state index < -0.39 is 0 Å². The lowest BCUT2D eigenvalue weighted by atomic mass is 10.1. The molecule has 0 fully saturated rings. The quantitative estimate of drug-likeness (QED) is 0.904. The summed E-state index contributed by atoms with van der Waals surface area (Å²) in [6.07, 6.45) is 0. The Kier molecular flexibility index (Phi) is 4.05. The van der Waals surface area contributed by atoms with Crippen molar-refractivity contribution >= 4 is 23.1 Å². The van der Waals surface area contributed by atoms with Crippen molar-refractivity contribution in [3.8, 4) is 11.3 Å². The van der Waals surface area contributed by atoms with Gasteiger partial charge < -0.3 is 5.32 Å². The van der Waals surface area contributed by atoms with E-state index in [1.165, 1.54) is 4.88 Å². The SMILES string of the molecule is CC(C)(C)NCc1cc(-c2ccc(Cl)cc2)ns1. The van der Waals surface area contributed by atoms with E-state index in [1.807, 2.05) is 24.3 Å². The van der Waals surface area contributed by atoms with Crippen molar-refractivity contribution < 1.29 is 0 Å². The fraction of sp³-hybridized carbons (Fsp3) is 0.357. The molecule has 0 amide bonds. The zero-order valence-corrected chi connectivity index (χ0v) is 12.4. The van der Waals surface area contributed by atoms with E-state index in [0.29, 0.717) is 0 Å². The van der Waals surface area contributed by atoms with Crippen molar-refractivity contribution in [2.75, 3.05) is 0 Å². The summed E-state index contributed by atoms with van der Waals surface area (Å²) < 4.78 is 4.48. The predicted molar refractivity (Wildman–Crippen MR) is 79.2 cm³/mol. The van der Waals surface area contributed by atoms with Gasteiger partial charge in [-0.15, -0.1) is 0 Å². The number of nitrogens with zero attached hydrogens (tertiary/aromatic N) is 1. The molecule has 2 nitrogen and oxygen atoms in total. The van der Waals surface area contributed by atoms with Crippen LogP contribution in [0.1, 0.15) is 25.6 Å². The van der Waals surface area contributed by atoms with Crippen LogP contribution >= 0.6 is 23.1 Å². The number of aromatic nitrogens is 1. The van der Waals surface area contributed by atoms with Crippen molar-refractivity contribution in [1.29, 1.82) is 0 Å². The molecular formula is C14H17ClN2S. The van der Waals surface area contributed by atoms with E-state index in [1.54, 1.807) is 11.5 Å². The van der Waals surface area contributed by atoms with Crippen LogP contribution in [0.5, 0.6) is 0 Å². The van der Waals surface area contributed by atoms with E-state index >= 15 is 0 Å². The second kappa shape index (κ2) is 5.39. The molecule has 2 aromatic rings.